The Morgan fingerprint density at radius 2 is 0.942 bits per heavy atom. The number of carbonyl (C=O) groups excluding carboxylic acids is 4. The van der Waals surface area contributed by atoms with Crippen molar-refractivity contribution in [1.29, 1.82) is 0 Å². The van der Waals surface area contributed by atoms with Crippen LogP contribution in [0.2, 0.25) is 0 Å². The third-order valence-electron chi connectivity index (χ3n) is 7.91. The molecule has 0 aliphatic carbocycles. The number of fused-ring (bicyclic) bond motifs is 1. The average Bonchev–Trinajstić information content (AvgIpc) is 3.84. The van der Waals surface area contributed by atoms with Crippen molar-refractivity contribution >= 4 is 58.2 Å². The van der Waals surface area contributed by atoms with Crippen molar-refractivity contribution in [3.05, 3.63) is 93.7 Å². The summed E-state index contributed by atoms with van der Waals surface area (Å²) in [5, 5.41) is 0. The molecule has 2 aliphatic heterocycles. The number of ether oxygens (including phenoxy) is 4. The summed E-state index contributed by atoms with van der Waals surface area (Å²) < 4.78 is 21.4. The number of thiophene rings is 2. The molecule has 2 aromatic heterocycles. The summed E-state index contributed by atoms with van der Waals surface area (Å²) in [6, 6.07) is 22.0. The first-order valence-electron chi connectivity index (χ1n) is 16.9. The summed E-state index contributed by atoms with van der Waals surface area (Å²) in [6.45, 7) is 15.1. The van der Waals surface area contributed by atoms with Crippen LogP contribution >= 0.6 is 22.7 Å². The van der Waals surface area contributed by atoms with Gasteiger partial charge in [0.15, 0.2) is 0 Å². The Hall–Kier alpha value is -5.20. The molecule has 0 unspecified atom stereocenters. The molecular weight excluding hydrogens is 701 g/mol. The number of hydrogen-bond acceptors (Lipinski definition) is 10. The highest BCUT2D eigenvalue weighted by atomic mass is 32.1. The molecule has 270 valence electrons. The zero-order valence-corrected chi connectivity index (χ0v) is 32.0. The molecule has 10 nitrogen and oxygen atoms in total. The summed E-state index contributed by atoms with van der Waals surface area (Å²) in [5.74, 6) is 0.230. The Bertz CT molecular complexity index is 1990. The lowest BCUT2D eigenvalue weighted by atomic mass is 10.1. The molecule has 4 heterocycles. The predicted molar refractivity (Wildman–Crippen MR) is 202 cm³/mol. The van der Waals surface area contributed by atoms with E-state index in [-0.39, 0.29) is 11.8 Å². The molecule has 12 heteroatoms. The Morgan fingerprint density at radius 3 is 1.29 bits per heavy atom. The van der Waals surface area contributed by atoms with Crippen molar-refractivity contribution < 1.29 is 38.1 Å². The summed E-state index contributed by atoms with van der Waals surface area (Å²) in [6.07, 6.45) is -1.58. The maximum absolute atomic E-state index is 14.2. The summed E-state index contributed by atoms with van der Waals surface area (Å²) in [7, 11) is 0. The van der Waals surface area contributed by atoms with E-state index in [2.05, 4.69) is 0 Å². The minimum atomic E-state index is -0.791. The lowest BCUT2D eigenvalue weighted by Gasteiger charge is -2.22. The van der Waals surface area contributed by atoms with Crippen molar-refractivity contribution in [3.63, 3.8) is 0 Å². The van der Waals surface area contributed by atoms with Crippen molar-refractivity contribution in [2.75, 3.05) is 13.1 Å². The summed E-state index contributed by atoms with van der Waals surface area (Å²) >= 11 is 2.90. The predicted octanol–water partition coefficient (Wildman–Crippen LogP) is 9.62. The molecule has 0 radical (unpaired) electrons. The van der Waals surface area contributed by atoms with Gasteiger partial charge in [-0.1, -0.05) is 24.3 Å². The van der Waals surface area contributed by atoms with E-state index in [1.807, 2.05) is 50.2 Å². The Balaban J connectivity index is 1.33. The van der Waals surface area contributed by atoms with Gasteiger partial charge >= 0.3 is 12.3 Å². The minimum absolute atomic E-state index is 0.225. The van der Waals surface area contributed by atoms with Gasteiger partial charge in [0.25, 0.3) is 11.8 Å². The quantitative estimate of drug-likeness (QED) is 0.130. The van der Waals surface area contributed by atoms with E-state index in [9.17, 15) is 19.2 Å². The SMILES string of the molecule is CCN1C(=O)C2=C(c3ccc(-c4cccc(OC(=O)OC(C)(C)C)c4)s3)N(CC)C(=O)C2=C1c1ccc(-c2cccc(OC(=O)OC(C)(C)C)c2)s1. The molecule has 0 bridgehead atoms. The van der Waals surface area contributed by atoms with Gasteiger partial charge in [-0.05, 0) is 115 Å². The van der Waals surface area contributed by atoms with Crippen LogP contribution in [0.1, 0.15) is 65.1 Å². The van der Waals surface area contributed by atoms with Crippen LogP contribution in [-0.2, 0) is 19.1 Å². The fraction of sp³-hybridized carbons (Fsp3) is 0.300. The van der Waals surface area contributed by atoms with Crippen LogP contribution in [0.5, 0.6) is 11.5 Å². The van der Waals surface area contributed by atoms with E-state index < -0.39 is 23.5 Å². The Morgan fingerprint density at radius 1 is 0.577 bits per heavy atom. The fourth-order valence-electron chi connectivity index (χ4n) is 5.91. The normalized spacial score (nSPS) is 14.7. The second-order valence-corrected chi connectivity index (χ2v) is 16.2. The van der Waals surface area contributed by atoms with Crippen molar-refractivity contribution in [2.24, 2.45) is 0 Å². The van der Waals surface area contributed by atoms with E-state index >= 15 is 0 Å². The molecule has 2 amide bonds. The number of likely N-dealkylation sites (N-methyl/N-ethyl adjacent to an activating group) is 2. The largest absolute Gasteiger partial charge is 0.514 e. The third-order valence-corrected chi connectivity index (χ3v) is 10.2. The number of benzene rings is 2. The summed E-state index contributed by atoms with van der Waals surface area (Å²) in [5.41, 5.74) is 2.20. The van der Waals surface area contributed by atoms with Crippen LogP contribution in [0.4, 0.5) is 9.59 Å². The van der Waals surface area contributed by atoms with Gasteiger partial charge in [0.2, 0.25) is 0 Å². The smallest absolute Gasteiger partial charge is 0.428 e. The maximum Gasteiger partial charge on any atom is 0.514 e. The van der Waals surface area contributed by atoms with Crippen LogP contribution in [-0.4, -0.2) is 58.2 Å². The Labute approximate surface area is 310 Å². The highest BCUT2D eigenvalue weighted by Crippen LogP contribution is 2.49. The molecule has 0 atom stereocenters. The monoisotopic (exact) mass is 740 g/mol. The van der Waals surface area contributed by atoms with E-state index in [1.165, 1.54) is 22.7 Å². The van der Waals surface area contributed by atoms with Gasteiger partial charge < -0.3 is 28.7 Å². The fourth-order valence-corrected chi connectivity index (χ4v) is 8.04. The maximum atomic E-state index is 14.2. The van der Waals surface area contributed by atoms with Gasteiger partial charge in [-0.25, -0.2) is 9.59 Å². The molecule has 0 saturated heterocycles. The molecule has 0 fully saturated rings. The lowest BCUT2D eigenvalue weighted by molar-refractivity contribution is -0.124. The number of amides is 2. The molecular formula is C40H40N2O8S2. The highest BCUT2D eigenvalue weighted by Gasteiger charge is 2.48. The zero-order valence-electron chi connectivity index (χ0n) is 30.3. The third kappa shape index (κ3) is 7.54. The first-order chi connectivity index (χ1) is 24.6. The van der Waals surface area contributed by atoms with E-state index in [4.69, 9.17) is 18.9 Å². The number of rotatable bonds is 8. The first kappa shape index (κ1) is 36.6. The zero-order chi connectivity index (χ0) is 37.5. The van der Waals surface area contributed by atoms with E-state index in [0.29, 0.717) is 47.1 Å². The van der Waals surface area contributed by atoms with E-state index in [0.717, 1.165) is 30.6 Å². The van der Waals surface area contributed by atoms with Gasteiger partial charge in [-0.15, -0.1) is 22.7 Å². The van der Waals surface area contributed by atoms with Crippen LogP contribution in [0, 0.1) is 0 Å². The summed E-state index contributed by atoms with van der Waals surface area (Å²) in [4.78, 5) is 59.5. The number of hydrogen-bond donors (Lipinski definition) is 0. The van der Waals surface area contributed by atoms with Crippen molar-refractivity contribution in [1.82, 2.24) is 9.80 Å². The van der Waals surface area contributed by atoms with Gasteiger partial charge in [0, 0.05) is 22.8 Å². The van der Waals surface area contributed by atoms with Crippen LogP contribution in [0.25, 0.3) is 32.3 Å². The van der Waals surface area contributed by atoms with Crippen LogP contribution in [0.3, 0.4) is 0 Å². The molecule has 0 saturated carbocycles. The minimum Gasteiger partial charge on any atom is -0.428 e. The molecule has 0 spiro atoms. The molecule has 0 N–H and O–H groups in total. The topological polar surface area (TPSA) is 112 Å². The second kappa shape index (κ2) is 14.1. The molecule has 2 aromatic carbocycles. The van der Waals surface area contributed by atoms with E-state index in [1.54, 1.807) is 87.7 Å². The standard InChI is InChI=1S/C40H40N2O8S2/c1-9-41-33(29-19-17-27(51-29)23-13-11-15-25(21-23)47-37(45)49-39(3,4)5)31-32(35(41)43)34(42(10-2)36(31)44)30-20-18-28(52-30)24-14-12-16-26(22-24)48-38(46)50-40(6,7)8/h11-22H,9-10H2,1-8H3. The van der Waals surface area contributed by atoms with Crippen molar-refractivity contribution in [3.8, 4) is 32.4 Å². The van der Waals surface area contributed by atoms with Crippen molar-refractivity contribution in [2.45, 2.75) is 66.6 Å². The van der Waals surface area contributed by atoms with Crippen LogP contribution in [0.15, 0.2) is 83.9 Å². The van der Waals surface area contributed by atoms with Gasteiger partial charge in [0.1, 0.15) is 22.7 Å². The number of nitrogens with zero attached hydrogens (tertiary/aromatic N) is 2. The molecule has 6 rings (SSSR count). The van der Waals surface area contributed by atoms with Gasteiger partial charge in [-0.3, -0.25) is 9.59 Å². The second-order valence-electron chi connectivity index (χ2n) is 14.1. The van der Waals surface area contributed by atoms with Gasteiger partial charge in [-0.2, -0.15) is 0 Å². The van der Waals surface area contributed by atoms with Crippen LogP contribution < -0.4 is 9.47 Å². The molecule has 4 aromatic rings. The average molecular weight is 741 g/mol. The van der Waals surface area contributed by atoms with Gasteiger partial charge in [0.05, 0.1) is 32.3 Å². The molecule has 2 aliphatic rings. The highest BCUT2D eigenvalue weighted by molar-refractivity contribution is 7.17. The molecule has 52 heavy (non-hydrogen) atoms. The lowest BCUT2D eigenvalue weighted by Crippen LogP contribution is -2.29. The Kier molecular flexibility index (Phi) is 9.91. The first-order valence-corrected chi connectivity index (χ1v) is 18.6. The number of carbonyl (C=O) groups is 4.